The van der Waals surface area contributed by atoms with Crippen molar-refractivity contribution in [1.82, 2.24) is 5.32 Å². The lowest BCUT2D eigenvalue weighted by Gasteiger charge is -2.20. The van der Waals surface area contributed by atoms with Gasteiger partial charge < -0.3 is 10.2 Å². The molecule has 4 heteroatoms. The number of halogens is 2. The number of rotatable bonds is 4. The standard InChI is InChI=1S/C11H16F2N2/c1-8-4-5-9(11(13)10(8)12)15(3)7-6-14-2/h4-5,14H,6-7H2,1-3H3. The quantitative estimate of drug-likeness (QED) is 0.823. The van der Waals surface area contributed by atoms with Gasteiger partial charge in [0.25, 0.3) is 0 Å². The van der Waals surface area contributed by atoms with Crippen LogP contribution < -0.4 is 10.2 Å². The zero-order chi connectivity index (χ0) is 11.4. The topological polar surface area (TPSA) is 15.3 Å². The Balaban J connectivity index is 2.90. The summed E-state index contributed by atoms with van der Waals surface area (Å²) in [6.07, 6.45) is 0. The molecule has 2 nitrogen and oxygen atoms in total. The molecule has 1 rings (SSSR count). The summed E-state index contributed by atoms with van der Waals surface area (Å²) in [7, 11) is 3.56. The van der Waals surface area contributed by atoms with Crippen molar-refractivity contribution in [1.29, 1.82) is 0 Å². The van der Waals surface area contributed by atoms with Gasteiger partial charge in [0.2, 0.25) is 0 Å². The molecule has 0 aromatic heterocycles. The number of aryl methyl sites for hydroxylation is 1. The van der Waals surface area contributed by atoms with Crippen LogP contribution in [0.3, 0.4) is 0 Å². The third-order valence-electron chi connectivity index (χ3n) is 2.36. The van der Waals surface area contributed by atoms with E-state index in [2.05, 4.69) is 5.32 Å². The minimum Gasteiger partial charge on any atom is -0.371 e. The molecule has 0 aliphatic heterocycles. The Labute approximate surface area is 88.9 Å². The summed E-state index contributed by atoms with van der Waals surface area (Å²) in [6.45, 7) is 2.91. The molecule has 0 spiro atoms. The monoisotopic (exact) mass is 214 g/mol. The predicted octanol–water partition coefficient (Wildman–Crippen LogP) is 1.93. The molecule has 0 fully saturated rings. The van der Waals surface area contributed by atoms with Gasteiger partial charge in [0.1, 0.15) is 0 Å². The van der Waals surface area contributed by atoms with Gasteiger partial charge in [-0.05, 0) is 25.6 Å². The molecular weight excluding hydrogens is 198 g/mol. The zero-order valence-corrected chi connectivity index (χ0v) is 9.27. The minimum atomic E-state index is -0.770. The summed E-state index contributed by atoms with van der Waals surface area (Å²) in [5.74, 6) is -1.53. The summed E-state index contributed by atoms with van der Waals surface area (Å²) < 4.78 is 26.8. The first-order valence-electron chi connectivity index (χ1n) is 4.88. The SMILES string of the molecule is CNCCN(C)c1ccc(C)c(F)c1F. The van der Waals surface area contributed by atoms with Crippen LogP contribution in [0.1, 0.15) is 5.56 Å². The fourth-order valence-electron chi connectivity index (χ4n) is 1.33. The van der Waals surface area contributed by atoms with Crippen LogP contribution in [0, 0.1) is 18.6 Å². The van der Waals surface area contributed by atoms with Crippen LogP contribution in [0.4, 0.5) is 14.5 Å². The molecule has 1 aromatic rings. The zero-order valence-electron chi connectivity index (χ0n) is 9.27. The van der Waals surface area contributed by atoms with Crippen molar-refractivity contribution in [3.8, 4) is 0 Å². The molecule has 0 radical (unpaired) electrons. The molecule has 0 atom stereocenters. The fourth-order valence-corrected chi connectivity index (χ4v) is 1.33. The molecule has 0 amide bonds. The maximum absolute atomic E-state index is 13.5. The first kappa shape index (κ1) is 11.9. The third-order valence-corrected chi connectivity index (χ3v) is 2.36. The largest absolute Gasteiger partial charge is 0.371 e. The first-order valence-corrected chi connectivity index (χ1v) is 4.88. The molecule has 1 N–H and O–H groups in total. The van der Waals surface area contributed by atoms with Crippen LogP contribution in [-0.4, -0.2) is 27.2 Å². The van der Waals surface area contributed by atoms with E-state index in [1.807, 2.05) is 7.05 Å². The average molecular weight is 214 g/mol. The minimum absolute atomic E-state index is 0.299. The number of likely N-dealkylation sites (N-methyl/N-ethyl adjacent to an activating group) is 2. The summed E-state index contributed by atoms with van der Waals surface area (Å²) in [6, 6.07) is 3.19. The van der Waals surface area contributed by atoms with E-state index in [0.29, 0.717) is 17.8 Å². The third kappa shape index (κ3) is 2.65. The highest BCUT2D eigenvalue weighted by atomic mass is 19.2. The maximum Gasteiger partial charge on any atom is 0.182 e. The lowest BCUT2D eigenvalue weighted by molar-refractivity contribution is 0.502. The Morgan fingerprint density at radius 3 is 2.53 bits per heavy atom. The fraction of sp³-hybridized carbons (Fsp3) is 0.455. The van der Waals surface area contributed by atoms with Crippen molar-refractivity contribution in [2.24, 2.45) is 0 Å². The molecule has 0 bridgehead atoms. The van der Waals surface area contributed by atoms with E-state index in [1.165, 1.54) is 0 Å². The van der Waals surface area contributed by atoms with E-state index in [9.17, 15) is 8.78 Å². The van der Waals surface area contributed by atoms with Crippen molar-refractivity contribution in [2.45, 2.75) is 6.92 Å². The van der Waals surface area contributed by atoms with Crippen molar-refractivity contribution >= 4 is 5.69 Å². The van der Waals surface area contributed by atoms with Crippen LogP contribution >= 0.6 is 0 Å². The second-order valence-corrected chi connectivity index (χ2v) is 3.55. The summed E-state index contributed by atoms with van der Waals surface area (Å²) in [5, 5.41) is 2.96. The molecule has 0 aliphatic rings. The molecule has 0 saturated carbocycles. The highest BCUT2D eigenvalue weighted by Crippen LogP contribution is 2.22. The Morgan fingerprint density at radius 1 is 1.27 bits per heavy atom. The van der Waals surface area contributed by atoms with Crippen molar-refractivity contribution < 1.29 is 8.78 Å². The van der Waals surface area contributed by atoms with Gasteiger partial charge in [-0.15, -0.1) is 0 Å². The Hall–Kier alpha value is -1.16. The molecule has 0 heterocycles. The number of anilines is 1. The Kier molecular flexibility index (Phi) is 4.03. The highest BCUT2D eigenvalue weighted by Gasteiger charge is 2.13. The lowest BCUT2D eigenvalue weighted by atomic mass is 10.2. The van der Waals surface area contributed by atoms with Gasteiger partial charge in [-0.2, -0.15) is 0 Å². The van der Waals surface area contributed by atoms with Gasteiger partial charge in [-0.1, -0.05) is 6.07 Å². The number of hydrogen-bond acceptors (Lipinski definition) is 2. The van der Waals surface area contributed by atoms with E-state index in [4.69, 9.17) is 0 Å². The molecule has 0 unspecified atom stereocenters. The second kappa shape index (κ2) is 5.07. The van der Waals surface area contributed by atoms with Crippen molar-refractivity contribution in [3.63, 3.8) is 0 Å². The molecule has 15 heavy (non-hydrogen) atoms. The Bertz CT molecular complexity index is 340. The summed E-state index contributed by atoms with van der Waals surface area (Å²) in [5.41, 5.74) is 0.631. The summed E-state index contributed by atoms with van der Waals surface area (Å²) in [4.78, 5) is 1.69. The van der Waals surface area contributed by atoms with Gasteiger partial charge in [0.05, 0.1) is 5.69 Å². The van der Waals surface area contributed by atoms with Gasteiger partial charge in [-0.3, -0.25) is 0 Å². The summed E-state index contributed by atoms with van der Waals surface area (Å²) >= 11 is 0. The molecule has 1 aromatic carbocycles. The van der Waals surface area contributed by atoms with Crippen molar-refractivity contribution in [3.05, 3.63) is 29.3 Å². The molecular formula is C11H16F2N2. The normalized spacial score (nSPS) is 10.5. The smallest absolute Gasteiger partial charge is 0.182 e. The number of nitrogens with one attached hydrogen (secondary N) is 1. The van der Waals surface area contributed by atoms with Crippen LogP contribution in [-0.2, 0) is 0 Å². The van der Waals surface area contributed by atoms with Crippen LogP contribution in [0.25, 0.3) is 0 Å². The predicted molar refractivity (Wildman–Crippen MR) is 58.3 cm³/mol. The second-order valence-electron chi connectivity index (χ2n) is 3.55. The van der Waals surface area contributed by atoms with E-state index in [-0.39, 0.29) is 0 Å². The van der Waals surface area contributed by atoms with E-state index in [0.717, 1.165) is 6.54 Å². The van der Waals surface area contributed by atoms with E-state index < -0.39 is 11.6 Å². The van der Waals surface area contributed by atoms with Gasteiger partial charge in [0.15, 0.2) is 11.6 Å². The van der Waals surface area contributed by atoms with Gasteiger partial charge in [-0.25, -0.2) is 8.78 Å². The molecule has 84 valence electrons. The van der Waals surface area contributed by atoms with Crippen LogP contribution in [0.2, 0.25) is 0 Å². The number of hydrogen-bond donors (Lipinski definition) is 1. The Morgan fingerprint density at radius 2 is 1.93 bits per heavy atom. The van der Waals surface area contributed by atoms with Crippen LogP contribution in [0.15, 0.2) is 12.1 Å². The first-order chi connectivity index (χ1) is 7.07. The van der Waals surface area contributed by atoms with E-state index in [1.54, 1.807) is 31.0 Å². The van der Waals surface area contributed by atoms with Gasteiger partial charge >= 0.3 is 0 Å². The lowest BCUT2D eigenvalue weighted by Crippen LogP contribution is -2.28. The highest BCUT2D eigenvalue weighted by molar-refractivity contribution is 5.49. The molecule has 0 saturated heterocycles. The molecule has 0 aliphatic carbocycles. The number of benzene rings is 1. The van der Waals surface area contributed by atoms with Gasteiger partial charge in [0, 0.05) is 20.1 Å². The van der Waals surface area contributed by atoms with Crippen molar-refractivity contribution in [2.75, 3.05) is 32.1 Å². The van der Waals surface area contributed by atoms with E-state index >= 15 is 0 Å². The number of nitrogens with zero attached hydrogens (tertiary/aromatic N) is 1. The maximum atomic E-state index is 13.5. The van der Waals surface area contributed by atoms with Crippen LogP contribution in [0.5, 0.6) is 0 Å². The average Bonchev–Trinajstić information content (AvgIpc) is 2.23.